The Hall–Kier alpha value is -0.410. The molecular weight excluding hydrogens is 202 g/mol. The molecule has 0 fully saturated rings. The van der Waals surface area contributed by atoms with Crippen molar-refractivity contribution in [2.24, 2.45) is 0 Å². The monoisotopic (exact) mass is 231 g/mol. The second-order valence-electron chi connectivity index (χ2n) is 5.28. The fourth-order valence-corrected chi connectivity index (χ4v) is 1.57. The molecule has 0 bridgehead atoms. The Morgan fingerprint density at radius 3 is 1.75 bits per heavy atom. The molecule has 0 spiro atoms. The number of quaternary nitrogens is 1. The first kappa shape index (κ1) is 18.0. The topological polar surface area (TPSA) is 47.1 Å². The Bertz CT molecular complexity index is 173. The van der Waals surface area contributed by atoms with Crippen LogP contribution in [0, 0.1) is 0 Å². The highest BCUT2D eigenvalue weighted by Gasteiger charge is 2.18. The Kier molecular flexibility index (Phi) is 11.0. The van der Waals surface area contributed by atoms with E-state index in [0.29, 0.717) is 10.4 Å². The van der Waals surface area contributed by atoms with E-state index in [-0.39, 0.29) is 5.48 Å². The lowest BCUT2D eigenvalue weighted by Gasteiger charge is -2.20. The highest BCUT2D eigenvalue weighted by molar-refractivity contribution is 5.68. The molecule has 0 rings (SSSR count). The summed E-state index contributed by atoms with van der Waals surface area (Å²) in [7, 11) is 5.84. The zero-order chi connectivity index (χ0) is 11.7. The highest BCUT2D eigenvalue weighted by Crippen LogP contribution is 2.09. The molecule has 0 unspecified atom stereocenters. The molecule has 0 saturated carbocycles. The predicted molar refractivity (Wildman–Crippen MR) is 67.6 cm³/mol. The zero-order valence-corrected chi connectivity index (χ0v) is 11.5. The van der Waals surface area contributed by atoms with Gasteiger partial charge < -0.3 is 5.48 Å². The maximum Gasteiger partial charge on any atom is 0.313 e. The average Bonchev–Trinajstić information content (AvgIpc) is 2.14. The van der Waals surface area contributed by atoms with Crippen molar-refractivity contribution in [3.05, 3.63) is 0 Å². The second kappa shape index (κ2) is 9.79. The minimum atomic E-state index is 0. The molecule has 1 amide bonds. The van der Waals surface area contributed by atoms with E-state index in [0.717, 1.165) is 12.8 Å². The smallest absolute Gasteiger partial charge is 0.313 e. The van der Waals surface area contributed by atoms with E-state index in [1.807, 2.05) is 21.1 Å². The number of hydrogen-bond acceptors (Lipinski definition) is 2. The minimum absolute atomic E-state index is 0. The van der Waals surface area contributed by atoms with Crippen LogP contribution in [0.4, 0.5) is 0 Å². The first-order valence-corrected chi connectivity index (χ1v) is 6.33. The highest BCUT2D eigenvalue weighted by atomic mass is 16.2. The number of unbranched alkanes of at least 4 members (excludes halogenated alkanes) is 6. The van der Waals surface area contributed by atoms with Crippen molar-refractivity contribution in [2.45, 2.75) is 58.3 Å². The fourth-order valence-electron chi connectivity index (χ4n) is 1.57. The van der Waals surface area contributed by atoms with Gasteiger partial charge in [-0.2, -0.15) is 0 Å². The van der Waals surface area contributed by atoms with Gasteiger partial charge in [0.25, 0.3) is 0 Å². The van der Waals surface area contributed by atoms with Crippen molar-refractivity contribution < 1.29 is 14.8 Å². The standard InChI is InChI=1S/C13H28NO.H2O/c1-5-6-7-8-9-10-11-12-13(15)14(2,3)4;/h5-12H2,1-4H3;1H2/q+1;/p-1. The van der Waals surface area contributed by atoms with E-state index in [2.05, 4.69) is 6.92 Å². The summed E-state index contributed by atoms with van der Waals surface area (Å²) in [5.41, 5.74) is 0. The molecule has 0 heterocycles. The van der Waals surface area contributed by atoms with Crippen molar-refractivity contribution in [3.8, 4) is 0 Å². The van der Waals surface area contributed by atoms with Gasteiger partial charge in [0.2, 0.25) is 0 Å². The van der Waals surface area contributed by atoms with Crippen LogP contribution >= 0.6 is 0 Å². The molecule has 16 heavy (non-hydrogen) atoms. The van der Waals surface area contributed by atoms with Gasteiger partial charge in [0.05, 0.1) is 27.6 Å². The Balaban J connectivity index is 0. The van der Waals surface area contributed by atoms with E-state index in [1.54, 1.807) is 0 Å². The van der Waals surface area contributed by atoms with Crippen molar-refractivity contribution >= 4 is 5.91 Å². The molecule has 0 atom stereocenters. The first-order valence-electron chi connectivity index (χ1n) is 6.33. The summed E-state index contributed by atoms with van der Waals surface area (Å²) in [5.74, 6) is 0.351. The van der Waals surface area contributed by atoms with Gasteiger partial charge in [-0.25, -0.2) is 4.79 Å². The number of amides is 1. The van der Waals surface area contributed by atoms with Crippen LogP contribution in [0.15, 0.2) is 0 Å². The third kappa shape index (κ3) is 10.1. The number of carbonyl (C=O) groups excluding carboxylic acids is 1. The summed E-state index contributed by atoms with van der Waals surface area (Å²) in [6.45, 7) is 2.24. The average molecular weight is 231 g/mol. The van der Waals surface area contributed by atoms with Gasteiger partial charge in [-0.3, -0.25) is 4.48 Å². The van der Waals surface area contributed by atoms with Crippen LogP contribution < -0.4 is 0 Å². The summed E-state index contributed by atoms with van der Waals surface area (Å²) < 4.78 is 0.468. The van der Waals surface area contributed by atoms with Gasteiger partial charge in [-0.15, -0.1) is 0 Å². The summed E-state index contributed by atoms with van der Waals surface area (Å²) in [4.78, 5) is 11.6. The molecule has 0 aromatic rings. The lowest BCUT2D eigenvalue weighted by atomic mass is 10.1. The van der Waals surface area contributed by atoms with Crippen LogP contribution in [0.25, 0.3) is 0 Å². The van der Waals surface area contributed by atoms with Gasteiger partial charge in [0, 0.05) is 0 Å². The number of hydrogen-bond donors (Lipinski definition) is 0. The molecule has 0 aliphatic carbocycles. The van der Waals surface area contributed by atoms with Crippen molar-refractivity contribution in [1.29, 1.82) is 0 Å². The minimum Gasteiger partial charge on any atom is -0.870 e. The van der Waals surface area contributed by atoms with E-state index >= 15 is 0 Å². The fraction of sp³-hybridized carbons (Fsp3) is 0.923. The van der Waals surface area contributed by atoms with Crippen molar-refractivity contribution in [2.75, 3.05) is 21.1 Å². The molecule has 3 heteroatoms. The molecule has 0 aromatic heterocycles. The third-order valence-electron chi connectivity index (χ3n) is 2.74. The first-order chi connectivity index (χ1) is 6.98. The molecule has 0 radical (unpaired) electrons. The van der Waals surface area contributed by atoms with Gasteiger partial charge in [0.15, 0.2) is 0 Å². The summed E-state index contributed by atoms with van der Waals surface area (Å²) in [6.07, 6.45) is 9.70. The molecule has 0 saturated heterocycles. The summed E-state index contributed by atoms with van der Waals surface area (Å²) in [6, 6.07) is 0. The Morgan fingerprint density at radius 1 is 0.875 bits per heavy atom. The molecular formula is C13H29NO2. The summed E-state index contributed by atoms with van der Waals surface area (Å²) in [5, 5.41) is 0. The largest absolute Gasteiger partial charge is 0.870 e. The van der Waals surface area contributed by atoms with Crippen molar-refractivity contribution in [1.82, 2.24) is 0 Å². The number of carbonyl (C=O) groups is 1. The van der Waals surface area contributed by atoms with E-state index in [9.17, 15) is 4.79 Å². The third-order valence-corrected chi connectivity index (χ3v) is 2.74. The van der Waals surface area contributed by atoms with E-state index in [4.69, 9.17) is 0 Å². The second-order valence-corrected chi connectivity index (χ2v) is 5.28. The maximum atomic E-state index is 11.6. The molecule has 0 aromatic carbocycles. The van der Waals surface area contributed by atoms with Gasteiger partial charge >= 0.3 is 5.91 Å². The summed E-state index contributed by atoms with van der Waals surface area (Å²) >= 11 is 0. The van der Waals surface area contributed by atoms with Crippen LogP contribution in [0.5, 0.6) is 0 Å². The molecule has 3 nitrogen and oxygen atoms in total. The lowest BCUT2D eigenvalue weighted by Crippen LogP contribution is -2.40. The maximum absolute atomic E-state index is 11.6. The molecule has 0 aliphatic rings. The molecule has 0 aliphatic heterocycles. The number of rotatable bonds is 8. The van der Waals surface area contributed by atoms with E-state index in [1.165, 1.54) is 38.5 Å². The van der Waals surface area contributed by atoms with Crippen molar-refractivity contribution in [3.63, 3.8) is 0 Å². The normalized spacial score (nSPS) is 11.0. The van der Waals surface area contributed by atoms with Crippen LogP contribution in [-0.2, 0) is 4.79 Å². The van der Waals surface area contributed by atoms with Crippen LogP contribution in [0.3, 0.4) is 0 Å². The van der Waals surface area contributed by atoms with Gasteiger partial charge in [0.1, 0.15) is 0 Å². The Labute approximate surface area is 101 Å². The SMILES string of the molecule is CCCCCCCCCC(=O)[N+](C)(C)C.[OH-]. The number of nitrogens with zero attached hydrogens (tertiary/aromatic N) is 1. The molecule has 1 N–H and O–H groups in total. The Morgan fingerprint density at radius 2 is 1.31 bits per heavy atom. The predicted octanol–water partition coefficient (Wildman–Crippen LogP) is 3.18. The quantitative estimate of drug-likeness (QED) is 0.476. The van der Waals surface area contributed by atoms with E-state index < -0.39 is 0 Å². The van der Waals surface area contributed by atoms with Crippen LogP contribution in [0.2, 0.25) is 0 Å². The lowest BCUT2D eigenvalue weighted by molar-refractivity contribution is -0.792. The molecule has 98 valence electrons. The van der Waals surface area contributed by atoms with Crippen LogP contribution in [0.1, 0.15) is 58.3 Å². The van der Waals surface area contributed by atoms with Gasteiger partial charge in [-0.05, 0) is 6.42 Å². The zero-order valence-electron chi connectivity index (χ0n) is 11.5. The van der Waals surface area contributed by atoms with Crippen LogP contribution in [-0.4, -0.2) is 37.0 Å². The van der Waals surface area contributed by atoms with Gasteiger partial charge in [-0.1, -0.05) is 45.4 Å².